The van der Waals surface area contributed by atoms with Crippen molar-refractivity contribution in [1.29, 1.82) is 0 Å². The normalized spacial score (nSPS) is 15.8. The van der Waals surface area contributed by atoms with Crippen LogP contribution in [0.3, 0.4) is 0 Å². The van der Waals surface area contributed by atoms with Gasteiger partial charge in [-0.05, 0) is 43.4 Å². The van der Waals surface area contributed by atoms with Crippen LogP contribution >= 0.6 is 0 Å². The fourth-order valence-electron chi connectivity index (χ4n) is 3.50. The number of nitrogens with zero attached hydrogens (tertiary/aromatic N) is 1. The van der Waals surface area contributed by atoms with E-state index in [0.717, 1.165) is 30.9 Å². The molecule has 9 nitrogen and oxygen atoms in total. The number of carbonyl (C=O) groups is 3. The molecule has 0 heterocycles. The standard InChI is InChI=1S/C22H23N3O6/c1-14(23-21(27)16-8-4-9-17(12-16)25(29)30)22(28)31-13-20(26)24-19-11-5-7-15-6-2-3-10-18(15)19/h2-4,6,8-10,12,14,19H,5,7,11,13H2,1H3,(H,23,27)(H,24,26). The van der Waals surface area contributed by atoms with Crippen molar-refractivity contribution in [3.8, 4) is 0 Å². The van der Waals surface area contributed by atoms with Crippen molar-refractivity contribution >= 4 is 23.5 Å². The molecule has 0 spiro atoms. The minimum Gasteiger partial charge on any atom is -0.454 e. The van der Waals surface area contributed by atoms with Crippen LogP contribution in [0, 0.1) is 10.1 Å². The fourth-order valence-corrected chi connectivity index (χ4v) is 3.50. The Labute approximate surface area is 178 Å². The monoisotopic (exact) mass is 425 g/mol. The topological polar surface area (TPSA) is 128 Å². The molecule has 0 bridgehead atoms. The lowest BCUT2D eigenvalue weighted by molar-refractivity contribution is -0.384. The summed E-state index contributed by atoms with van der Waals surface area (Å²) in [4.78, 5) is 46.9. The summed E-state index contributed by atoms with van der Waals surface area (Å²) in [5.74, 6) is -1.86. The van der Waals surface area contributed by atoms with Crippen molar-refractivity contribution in [2.24, 2.45) is 0 Å². The van der Waals surface area contributed by atoms with Gasteiger partial charge >= 0.3 is 5.97 Å². The Bertz CT molecular complexity index is 1010. The number of aryl methyl sites for hydroxylation is 1. The largest absolute Gasteiger partial charge is 0.454 e. The smallest absolute Gasteiger partial charge is 0.328 e. The Balaban J connectivity index is 1.49. The van der Waals surface area contributed by atoms with Gasteiger partial charge in [-0.25, -0.2) is 4.79 Å². The number of fused-ring (bicyclic) bond motifs is 1. The number of hydrogen-bond donors (Lipinski definition) is 2. The Kier molecular flexibility index (Phi) is 6.96. The lowest BCUT2D eigenvalue weighted by Gasteiger charge is -2.26. The minimum atomic E-state index is -1.03. The van der Waals surface area contributed by atoms with Crippen LogP contribution in [-0.4, -0.2) is 35.4 Å². The molecule has 2 unspecified atom stereocenters. The average Bonchev–Trinajstić information content (AvgIpc) is 2.77. The summed E-state index contributed by atoms with van der Waals surface area (Å²) in [6.07, 6.45) is 2.74. The third-order valence-electron chi connectivity index (χ3n) is 5.07. The summed E-state index contributed by atoms with van der Waals surface area (Å²) in [7, 11) is 0. The van der Waals surface area contributed by atoms with E-state index in [1.807, 2.05) is 24.3 Å². The van der Waals surface area contributed by atoms with Crippen LogP contribution in [0.2, 0.25) is 0 Å². The number of non-ortho nitro benzene ring substituents is 1. The number of nitro groups is 1. The van der Waals surface area contributed by atoms with E-state index in [0.29, 0.717) is 0 Å². The van der Waals surface area contributed by atoms with Crippen molar-refractivity contribution in [2.45, 2.75) is 38.3 Å². The highest BCUT2D eigenvalue weighted by atomic mass is 16.6. The van der Waals surface area contributed by atoms with Gasteiger partial charge in [0.2, 0.25) is 0 Å². The van der Waals surface area contributed by atoms with Crippen molar-refractivity contribution < 1.29 is 24.0 Å². The molecule has 162 valence electrons. The summed E-state index contributed by atoms with van der Waals surface area (Å²) in [5, 5.41) is 16.1. The van der Waals surface area contributed by atoms with Crippen LogP contribution in [0.5, 0.6) is 0 Å². The molecule has 0 fully saturated rings. The Hall–Kier alpha value is -3.75. The van der Waals surface area contributed by atoms with Gasteiger partial charge in [-0.1, -0.05) is 30.3 Å². The number of rotatable bonds is 7. The lowest BCUT2D eigenvalue weighted by Crippen LogP contribution is -2.41. The predicted molar refractivity (Wildman–Crippen MR) is 111 cm³/mol. The minimum absolute atomic E-state index is 0.0440. The van der Waals surface area contributed by atoms with E-state index in [1.165, 1.54) is 30.7 Å². The van der Waals surface area contributed by atoms with E-state index in [4.69, 9.17) is 4.74 Å². The van der Waals surface area contributed by atoms with Gasteiger partial charge in [0.25, 0.3) is 17.5 Å². The third-order valence-corrected chi connectivity index (χ3v) is 5.07. The number of amides is 2. The second kappa shape index (κ2) is 9.84. The average molecular weight is 425 g/mol. The molecule has 3 rings (SSSR count). The second-order valence-electron chi connectivity index (χ2n) is 7.32. The molecule has 0 saturated carbocycles. The van der Waals surface area contributed by atoms with Gasteiger partial charge in [-0.15, -0.1) is 0 Å². The highest BCUT2D eigenvalue weighted by Crippen LogP contribution is 2.29. The summed E-state index contributed by atoms with van der Waals surface area (Å²) in [6, 6.07) is 11.9. The molecule has 2 N–H and O–H groups in total. The third kappa shape index (κ3) is 5.65. The van der Waals surface area contributed by atoms with Gasteiger partial charge < -0.3 is 15.4 Å². The Morgan fingerprint density at radius 3 is 2.74 bits per heavy atom. The predicted octanol–water partition coefficient (Wildman–Crippen LogP) is 2.45. The van der Waals surface area contributed by atoms with Gasteiger partial charge in [0.05, 0.1) is 11.0 Å². The van der Waals surface area contributed by atoms with Gasteiger partial charge in [0.15, 0.2) is 6.61 Å². The van der Waals surface area contributed by atoms with Gasteiger partial charge in [-0.3, -0.25) is 19.7 Å². The highest BCUT2D eigenvalue weighted by Gasteiger charge is 2.23. The molecule has 9 heteroatoms. The highest BCUT2D eigenvalue weighted by molar-refractivity contribution is 5.97. The summed E-state index contributed by atoms with van der Waals surface area (Å²) < 4.78 is 5.02. The van der Waals surface area contributed by atoms with Crippen LogP contribution < -0.4 is 10.6 Å². The maximum atomic E-state index is 12.3. The van der Waals surface area contributed by atoms with Crippen LogP contribution in [0.4, 0.5) is 5.69 Å². The first-order chi connectivity index (χ1) is 14.8. The fraction of sp³-hybridized carbons (Fsp3) is 0.318. The molecule has 31 heavy (non-hydrogen) atoms. The van der Waals surface area contributed by atoms with Crippen LogP contribution in [0.25, 0.3) is 0 Å². The first-order valence-corrected chi connectivity index (χ1v) is 9.94. The van der Waals surface area contributed by atoms with E-state index in [1.54, 1.807) is 0 Å². The number of carbonyl (C=O) groups excluding carboxylic acids is 3. The summed E-state index contributed by atoms with van der Waals surface area (Å²) in [6.45, 7) is 0.946. The molecule has 0 radical (unpaired) electrons. The zero-order valence-electron chi connectivity index (χ0n) is 17.0. The SMILES string of the molecule is CC(NC(=O)c1cccc([N+](=O)[O-])c1)C(=O)OCC(=O)NC1CCCc2ccccc21. The second-order valence-corrected chi connectivity index (χ2v) is 7.32. The van der Waals surface area contributed by atoms with E-state index >= 15 is 0 Å². The number of nitrogens with one attached hydrogen (secondary N) is 2. The van der Waals surface area contributed by atoms with Crippen LogP contribution in [0.15, 0.2) is 48.5 Å². The van der Waals surface area contributed by atoms with E-state index in [9.17, 15) is 24.5 Å². The molecule has 0 saturated heterocycles. The Morgan fingerprint density at radius 2 is 1.97 bits per heavy atom. The number of benzene rings is 2. The first-order valence-electron chi connectivity index (χ1n) is 9.94. The van der Waals surface area contributed by atoms with E-state index < -0.39 is 35.4 Å². The molecule has 2 atom stereocenters. The maximum Gasteiger partial charge on any atom is 0.328 e. The number of hydrogen-bond acceptors (Lipinski definition) is 6. The molecular weight excluding hydrogens is 402 g/mol. The molecule has 2 amide bonds. The summed E-state index contributed by atoms with van der Waals surface area (Å²) >= 11 is 0. The molecule has 0 aromatic heterocycles. The van der Waals surface area contributed by atoms with Gasteiger partial charge in [0, 0.05) is 17.7 Å². The maximum absolute atomic E-state index is 12.3. The van der Waals surface area contributed by atoms with Gasteiger partial charge in [0.1, 0.15) is 6.04 Å². The molecule has 1 aliphatic rings. The summed E-state index contributed by atoms with van der Waals surface area (Å²) in [5.41, 5.74) is 2.09. The molecule has 2 aromatic rings. The lowest BCUT2D eigenvalue weighted by atomic mass is 9.88. The number of esters is 1. The number of nitro benzene ring substituents is 1. The number of ether oxygens (including phenoxy) is 1. The molecular formula is C22H23N3O6. The molecule has 0 aliphatic heterocycles. The quantitative estimate of drug-likeness (QED) is 0.398. The van der Waals surface area contributed by atoms with Crippen LogP contribution in [0.1, 0.15) is 47.3 Å². The van der Waals surface area contributed by atoms with Crippen molar-refractivity contribution in [2.75, 3.05) is 6.61 Å². The Morgan fingerprint density at radius 1 is 1.19 bits per heavy atom. The molecule has 2 aromatic carbocycles. The van der Waals surface area contributed by atoms with E-state index in [-0.39, 0.29) is 17.3 Å². The van der Waals surface area contributed by atoms with Gasteiger partial charge in [-0.2, -0.15) is 0 Å². The first kappa shape index (κ1) is 21.9. The van der Waals surface area contributed by atoms with Crippen molar-refractivity contribution in [3.05, 3.63) is 75.3 Å². The zero-order chi connectivity index (χ0) is 22.4. The zero-order valence-corrected chi connectivity index (χ0v) is 17.0. The van der Waals surface area contributed by atoms with Crippen LogP contribution in [-0.2, 0) is 20.7 Å². The van der Waals surface area contributed by atoms with Crippen molar-refractivity contribution in [1.82, 2.24) is 10.6 Å². The molecule has 1 aliphatic carbocycles. The van der Waals surface area contributed by atoms with E-state index in [2.05, 4.69) is 10.6 Å². The van der Waals surface area contributed by atoms with Crippen molar-refractivity contribution in [3.63, 3.8) is 0 Å².